The van der Waals surface area contributed by atoms with E-state index in [0.29, 0.717) is 6.54 Å². The molecule has 0 aliphatic carbocycles. The molecule has 1 aromatic heterocycles. The Bertz CT molecular complexity index is 545. The van der Waals surface area contributed by atoms with E-state index in [1.807, 2.05) is 12.1 Å². The lowest BCUT2D eigenvalue weighted by Crippen LogP contribution is -2.08. The lowest BCUT2D eigenvalue weighted by molar-refractivity contribution is 0.576. The lowest BCUT2D eigenvalue weighted by Gasteiger charge is -2.13. The predicted molar refractivity (Wildman–Crippen MR) is 76.0 cm³/mol. The van der Waals surface area contributed by atoms with Gasteiger partial charge in [-0.3, -0.25) is 0 Å². The molecule has 6 heteroatoms. The molecule has 96 valence electrons. The molecule has 2 rings (SSSR count). The molecule has 2 aromatic rings. The maximum absolute atomic E-state index is 13.6. The summed E-state index contributed by atoms with van der Waals surface area (Å²) in [6.07, 6.45) is 0. The average Bonchev–Trinajstić information content (AvgIpc) is 2.77. The number of nitrogens with two attached hydrogens (primary N) is 1. The van der Waals surface area contributed by atoms with Gasteiger partial charge in [-0.1, -0.05) is 0 Å². The number of rotatable bonds is 4. The van der Waals surface area contributed by atoms with Crippen molar-refractivity contribution < 1.29 is 8.78 Å². The molecule has 18 heavy (non-hydrogen) atoms. The van der Waals surface area contributed by atoms with Crippen molar-refractivity contribution in [1.29, 1.82) is 0 Å². The van der Waals surface area contributed by atoms with Gasteiger partial charge in [0.25, 0.3) is 0 Å². The molecule has 1 atom stereocenters. The Morgan fingerprint density at radius 3 is 2.67 bits per heavy atom. The first kappa shape index (κ1) is 14.0. The Hall–Kier alpha value is -0.430. The summed E-state index contributed by atoms with van der Waals surface area (Å²) in [6, 6.07) is 7.31. The van der Waals surface area contributed by atoms with E-state index in [-0.39, 0.29) is 10.1 Å². The van der Waals surface area contributed by atoms with E-state index >= 15 is 0 Å². The van der Waals surface area contributed by atoms with Crippen LogP contribution in [0.15, 0.2) is 39.0 Å². The van der Waals surface area contributed by atoms with Gasteiger partial charge in [-0.15, -0.1) is 23.1 Å². The zero-order valence-electron chi connectivity index (χ0n) is 9.20. The van der Waals surface area contributed by atoms with Crippen molar-refractivity contribution in [2.75, 3.05) is 6.54 Å². The maximum atomic E-state index is 13.6. The molecule has 0 saturated carbocycles. The van der Waals surface area contributed by atoms with Gasteiger partial charge in [0, 0.05) is 16.3 Å². The van der Waals surface area contributed by atoms with E-state index in [4.69, 9.17) is 5.73 Å². The molecule has 1 heterocycles. The third kappa shape index (κ3) is 3.32. The first-order chi connectivity index (χ1) is 8.60. The van der Waals surface area contributed by atoms with Crippen molar-refractivity contribution in [1.82, 2.24) is 0 Å². The molecule has 0 radical (unpaired) electrons. The number of halogens is 3. The van der Waals surface area contributed by atoms with Crippen LogP contribution < -0.4 is 5.73 Å². The second-order valence-corrected chi connectivity index (χ2v) is 7.30. The Kier molecular flexibility index (Phi) is 4.77. The number of hydrogen-bond donors (Lipinski definition) is 1. The minimum absolute atomic E-state index is 0.0717. The molecule has 0 fully saturated rings. The summed E-state index contributed by atoms with van der Waals surface area (Å²) in [6.45, 7) is 0.369. The van der Waals surface area contributed by atoms with Gasteiger partial charge < -0.3 is 5.73 Å². The first-order valence-corrected chi connectivity index (χ1v) is 7.66. The van der Waals surface area contributed by atoms with Gasteiger partial charge in [0.15, 0.2) is 0 Å². The fraction of sp³-hybridized carbons (Fsp3) is 0.167. The normalized spacial score (nSPS) is 12.7. The summed E-state index contributed by atoms with van der Waals surface area (Å²) in [5, 5.41) is -0.0717. The number of hydrogen-bond acceptors (Lipinski definition) is 3. The highest BCUT2D eigenvalue weighted by Gasteiger charge is 2.16. The summed E-state index contributed by atoms with van der Waals surface area (Å²) in [5.41, 5.74) is 5.70. The lowest BCUT2D eigenvalue weighted by atomic mass is 10.3. The van der Waals surface area contributed by atoms with E-state index in [1.54, 1.807) is 11.3 Å². The Labute approximate surface area is 121 Å². The standard InChI is InChI=1S/C12H10BrF2NS2/c13-12-4-3-9(18-12)11(6-16)17-10-5-7(14)1-2-8(10)15/h1-5,11H,6,16H2. The minimum atomic E-state index is -0.443. The van der Waals surface area contributed by atoms with Gasteiger partial charge in [0.05, 0.1) is 9.04 Å². The Balaban J connectivity index is 2.22. The van der Waals surface area contributed by atoms with Crippen LogP contribution in [0.4, 0.5) is 8.78 Å². The smallest absolute Gasteiger partial charge is 0.136 e. The highest BCUT2D eigenvalue weighted by Crippen LogP contribution is 2.39. The van der Waals surface area contributed by atoms with E-state index in [0.717, 1.165) is 20.8 Å². The van der Waals surface area contributed by atoms with Crippen LogP contribution in [0, 0.1) is 11.6 Å². The topological polar surface area (TPSA) is 26.0 Å². The van der Waals surface area contributed by atoms with Gasteiger partial charge in [-0.2, -0.15) is 0 Å². The molecule has 0 aliphatic rings. The van der Waals surface area contributed by atoms with Gasteiger partial charge in [-0.05, 0) is 46.3 Å². The van der Waals surface area contributed by atoms with Crippen LogP contribution in [0.3, 0.4) is 0 Å². The van der Waals surface area contributed by atoms with Crippen LogP contribution in [0.5, 0.6) is 0 Å². The van der Waals surface area contributed by atoms with Crippen LogP contribution in [0.2, 0.25) is 0 Å². The molecular weight excluding hydrogens is 340 g/mol. The van der Waals surface area contributed by atoms with E-state index in [2.05, 4.69) is 15.9 Å². The van der Waals surface area contributed by atoms with Crippen molar-refractivity contribution in [3.05, 3.63) is 50.6 Å². The molecule has 1 unspecified atom stereocenters. The summed E-state index contributed by atoms with van der Waals surface area (Å²) in [5.74, 6) is -0.863. The van der Waals surface area contributed by atoms with E-state index in [1.165, 1.54) is 17.8 Å². The van der Waals surface area contributed by atoms with Gasteiger partial charge in [0.1, 0.15) is 11.6 Å². The largest absolute Gasteiger partial charge is 0.329 e. The monoisotopic (exact) mass is 349 g/mol. The second-order valence-electron chi connectivity index (χ2n) is 3.56. The second kappa shape index (κ2) is 6.14. The summed E-state index contributed by atoms with van der Waals surface area (Å²) in [7, 11) is 0. The molecule has 0 bridgehead atoms. The molecule has 1 aromatic carbocycles. The Morgan fingerprint density at radius 1 is 1.28 bits per heavy atom. The number of benzene rings is 1. The van der Waals surface area contributed by atoms with Crippen molar-refractivity contribution in [3.8, 4) is 0 Å². The van der Waals surface area contributed by atoms with E-state index < -0.39 is 11.6 Å². The quantitative estimate of drug-likeness (QED) is 0.817. The summed E-state index contributed by atoms with van der Waals surface area (Å²) >= 11 is 6.17. The first-order valence-electron chi connectivity index (χ1n) is 5.17. The highest BCUT2D eigenvalue weighted by atomic mass is 79.9. The van der Waals surface area contributed by atoms with Crippen molar-refractivity contribution in [3.63, 3.8) is 0 Å². The van der Waals surface area contributed by atoms with Crippen LogP contribution in [0.25, 0.3) is 0 Å². The third-order valence-electron chi connectivity index (χ3n) is 2.29. The molecule has 0 aliphatic heterocycles. The fourth-order valence-electron chi connectivity index (χ4n) is 1.44. The molecule has 1 nitrogen and oxygen atoms in total. The molecule has 0 spiro atoms. The van der Waals surface area contributed by atoms with Gasteiger partial charge in [-0.25, -0.2) is 8.78 Å². The minimum Gasteiger partial charge on any atom is -0.329 e. The zero-order valence-corrected chi connectivity index (χ0v) is 12.4. The van der Waals surface area contributed by atoms with Gasteiger partial charge in [0.2, 0.25) is 0 Å². The average molecular weight is 350 g/mol. The van der Waals surface area contributed by atoms with Crippen LogP contribution in [-0.4, -0.2) is 6.54 Å². The predicted octanol–water partition coefficient (Wildman–Crippen LogP) is 4.58. The highest BCUT2D eigenvalue weighted by molar-refractivity contribution is 9.11. The fourth-order valence-corrected chi connectivity index (χ4v) is 4.11. The SMILES string of the molecule is NCC(Sc1cc(F)ccc1F)c1ccc(Br)s1. The van der Waals surface area contributed by atoms with Crippen molar-refractivity contribution in [2.45, 2.75) is 10.1 Å². The van der Waals surface area contributed by atoms with Gasteiger partial charge >= 0.3 is 0 Å². The van der Waals surface area contributed by atoms with Crippen LogP contribution >= 0.6 is 39.0 Å². The number of thiophene rings is 1. The van der Waals surface area contributed by atoms with E-state index in [9.17, 15) is 8.78 Å². The van der Waals surface area contributed by atoms with Crippen molar-refractivity contribution >= 4 is 39.0 Å². The molecular formula is C12H10BrF2NS2. The summed E-state index contributed by atoms with van der Waals surface area (Å²) < 4.78 is 27.6. The molecule has 0 saturated heterocycles. The van der Waals surface area contributed by atoms with Crippen molar-refractivity contribution in [2.24, 2.45) is 5.73 Å². The van der Waals surface area contributed by atoms with Crippen LogP contribution in [0.1, 0.15) is 10.1 Å². The Morgan fingerprint density at radius 2 is 2.06 bits per heavy atom. The van der Waals surface area contributed by atoms with Crippen LogP contribution in [-0.2, 0) is 0 Å². The number of thioether (sulfide) groups is 1. The summed E-state index contributed by atoms with van der Waals surface area (Å²) in [4.78, 5) is 1.33. The molecule has 2 N–H and O–H groups in total. The molecule has 0 amide bonds. The third-order valence-corrected chi connectivity index (χ3v) is 5.47. The maximum Gasteiger partial charge on any atom is 0.136 e. The zero-order chi connectivity index (χ0) is 13.1.